The Bertz CT molecular complexity index is 1370. The molecule has 0 saturated heterocycles. The zero-order valence-corrected chi connectivity index (χ0v) is 20.9. The lowest BCUT2D eigenvalue weighted by molar-refractivity contribution is -0.147. The van der Waals surface area contributed by atoms with Crippen molar-refractivity contribution in [3.05, 3.63) is 83.4 Å². The molecule has 3 aromatic rings. The quantitative estimate of drug-likeness (QED) is 0.377. The third-order valence-corrected chi connectivity index (χ3v) is 6.27. The first-order valence-corrected chi connectivity index (χ1v) is 11.9. The number of nitrogens with zero attached hydrogens (tertiary/aromatic N) is 1. The molecule has 10 heteroatoms. The number of halogens is 3. The van der Waals surface area contributed by atoms with Crippen LogP contribution in [-0.2, 0) is 22.3 Å². The maximum atomic E-state index is 13.0. The van der Waals surface area contributed by atoms with E-state index in [0.29, 0.717) is 11.3 Å². The SMILES string of the molecule is COC(=O)[C@H](C(C)C)N1Cc2cc(-c3ccc(NC(=O)Nc4cccc(C(F)(F)F)c4)cc3)ccc2C1=O. The summed E-state index contributed by atoms with van der Waals surface area (Å²) in [5, 5.41) is 4.99. The van der Waals surface area contributed by atoms with Crippen molar-refractivity contribution in [1.82, 2.24) is 4.90 Å². The van der Waals surface area contributed by atoms with Crippen molar-refractivity contribution in [3.63, 3.8) is 0 Å². The topological polar surface area (TPSA) is 87.7 Å². The first-order valence-electron chi connectivity index (χ1n) is 11.9. The molecule has 1 heterocycles. The van der Waals surface area contributed by atoms with Gasteiger partial charge in [-0.25, -0.2) is 9.59 Å². The van der Waals surface area contributed by atoms with Crippen LogP contribution in [0.2, 0.25) is 0 Å². The van der Waals surface area contributed by atoms with Gasteiger partial charge in [-0.05, 0) is 65.1 Å². The number of hydrogen-bond acceptors (Lipinski definition) is 4. The Labute approximate surface area is 217 Å². The number of alkyl halides is 3. The Morgan fingerprint density at radius 2 is 1.58 bits per heavy atom. The molecule has 7 nitrogen and oxygen atoms in total. The number of nitrogens with one attached hydrogen (secondary N) is 2. The van der Waals surface area contributed by atoms with E-state index in [-0.39, 0.29) is 24.1 Å². The number of ether oxygens (including phenoxy) is 1. The van der Waals surface area contributed by atoms with Gasteiger partial charge >= 0.3 is 18.2 Å². The maximum Gasteiger partial charge on any atom is 0.416 e. The minimum Gasteiger partial charge on any atom is -0.467 e. The van der Waals surface area contributed by atoms with Crippen LogP contribution in [0.4, 0.5) is 29.3 Å². The van der Waals surface area contributed by atoms with E-state index in [9.17, 15) is 27.6 Å². The van der Waals surface area contributed by atoms with E-state index >= 15 is 0 Å². The molecule has 0 radical (unpaired) electrons. The van der Waals surface area contributed by atoms with Crippen LogP contribution in [0.5, 0.6) is 0 Å². The van der Waals surface area contributed by atoms with Crippen LogP contribution >= 0.6 is 0 Å². The number of esters is 1. The summed E-state index contributed by atoms with van der Waals surface area (Å²) in [4.78, 5) is 39.1. The van der Waals surface area contributed by atoms with Crippen molar-refractivity contribution in [2.75, 3.05) is 17.7 Å². The minimum absolute atomic E-state index is 0.0163. The van der Waals surface area contributed by atoms with Gasteiger partial charge in [-0.3, -0.25) is 4.79 Å². The molecule has 0 aromatic heterocycles. The number of amides is 3. The first-order chi connectivity index (χ1) is 18.0. The minimum atomic E-state index is -4.51. The van der Waals surface area contributed by atoms with Crippen molar-refractivity contribution >= 4 is 29.3 Å². The molecule has 4 rings (SSSR count). The molecule has 3 aromatic carbocycles. The second-order valence-corrected chi connectivity index (χ2v) is 9.25. The monoisotopic (exact) mass is 525 g/mol. The molecular formula is C28H26F3N3O4. The van der Waals surface area contributed by atoms with E-state index < -0.39 is 29.8 Å². The highest BCUT2D eigenvalue weighted by Gasteiger charge is 2.38. The van der Waals surface area contributed by atoms with Gasteiger partial charge in [0.25, 0.3) is 5.91 Å². The highest BCUT2D eigenvalue weighted by atomic mass is 19.4. The molecule has 198 valence electrons. The van der Waals surface area contributed by atoms with Crippen molar-refractivity contribution in [2.24, 2.45) is 5.92 Å². The average molecular weight is 526 g/mol. The van der Waals surface area contributed by atoms with Gasteiger partial charge in [0.15, 0.2) is 0 Å². The standard InChI is InChI=1S/C28H26F3N3O4/c1-16(2)24(26(36)38-3)34-15-19-13-18(9-12-23(19)25(34)35)17-7-10-21(11-8-17)32-27(37)33-22-6-4-5-20(14-22)28(29,30)31/h4-14,16,24H,15H2,1-3H3,(H2,32,33,37)/t24-/m0/s1. The Hall–Kier alpha value is -4.34. The molecule has 2 N–H and O–H groups in total. The van der Waals surface area contributed by atoms with Gasteiger partial charge in [-0.2, -0.15) is 13.2 Å². The van der Waals surface area contributed by atoms with E-state index in [4.69, 9.17) is 4.74 Å². The molecule has 1 aliphatic heterocycles. The van der Waals surface area contributed by atoms with Gasteiger partial charge in [0.05, 0.1) is 12.7 Å². The molecule has 0 saturated carbocycles. The number of methoxy groups -OCH3 is 1. The number of carbonyl (C=O) groups excluding carboxylic acids is 3. The molecule has 1 aliphatic rings. The van der Waals surface area contributed by atoms with Crippen LogP contribution in [0.1, 0.15) is 35.3 Å². The van der Waals surface area contributed by atoms with E-state index in [1.807, 2.05) is 26.0 Å². The number of rotatable bonds is 6. The molecule has 3 amide bonds. The summed E-state index contributed by atoms with van der Waals surface area (Å²) in [7, 11) is 1.30. The summed E-state index contributed by atoms with van der Waals surface area (Å²) >= 11 is 0. The first kappa shape index (κ1) is 26.7. The van der Waals surface area contributed by atoms with Crippen LogP contribution in [0.3, 0.4) is 0 Å². The van der Waals surface area contributed by atoms with Gasteiger partial charge < -0.3 is 20.3 Å². The number of hydrogen-bond donors (Lipinski definition) is 2. The van der Waals surface area contributed by atoms with Gasteiger partial charge in [0, 0.05) is 23.5 Å². The number of anilines is 2. The van der Waals surface area contributed by atoms with E-state index in [1.165, 1.54) is 24.1 Å². The van der Waals surface area contributed by atoms with Crippen molar-refractivity contribution in [2.45, 2.75) is 32.6 Å². The molecule has 38 heavy (non-hydrogen) atoms. The van der Waals surface area contributed by atoms with Gasteiger partial charge in [-0.1, -0.05) is 38.1 Å². The van der Waals surface area contributed by atoms with E-state index in [2.05, 4.69) is 10.6 Å². The van der Waals surface area contributed by atoms with Crippen LogP contribution in [0.15, 0.2) is 66.7 Å². The van der Waals surface area contributed by atoms with Crippen molar-refractivity contribution < 1.29 is 32.3 Å². The predicted octanol–water partition coefficient (Wildman–Crippen LogP) is 6.17. The highest BCUT2D eigenvalue weighted by Crippen LogP contribution is 2.32. The zero-order valence-electron chi connectivity index (χ0n) is 20.9. The van der Waals surface area contributed by atoms with Gasteiger partial charge in [-0.15, -0.1) is 0 Å². The molecular weight excluding hydrogens is 499 g/mol. The maximum absolute atomic E-state index is 13.0. The second-order valence-electron chi connectivity index (χ2n) is 9.25. The van der Waals surface area contributed by atoms with Crippen LogP contribution in [0.25, 0.3) is 11.1 Å². The number of urea groups is 1. The molecule has 1 atom stereocenters. The number of fused-ring (bicyclic) bond motifs is 1. The molecule has 0 bridgehead atoms. The van der Waals surface area contributed by atoms with E-state index in [1.54, 1.807) is 30.3 Å². The van der Waals surface area contributed by atoms with Gasteiger partial charge in [0.2, 0.25) is 0 Å². The summed E-state index contributed by atoms with van der Waals surface area (Å²) in [6, 6.07) is 15.3. The van der Waals surface area contributed by atoms with Gasteiger partial charge in [0.1, 0.15) is 6.04 Å². The fraction of sp³-hybridized carbons (Fsp3) is 0.250. The number of carbonyl (C=O) groups is 3. The third-order valence-electron chi connectivity index (χ3n) is 6.27. The largest absolute Gasteiger partial charge is 0.467 e. The normalized spacial score (nSPS) is 13.8. The van der Waals surface area contributed by atoms with Crippen LogP contribution in [0, 0.1) is 5.92 Å². The highest BCUT2D eigenvalue weighted by molar-refractivity contribution is 6.01. The predicted molar refractivity (Wildman–Crippen MR) is 136 cm³/mol. The van der Waals surface area contributed by atoms with E-state index in [0.717, 1.165) is 28.8 Å². The molecule has 0 spiro atoms. The molecule has 0 unspecified atom stereocenters. The summed E-state index contributed by atoms with van der Waals surface area (Å²) in [5.41, 5.74) is 2.61. The number of benzene rings is 3. The van der Waals surface area contributed by atoms with Crippen LogP contribution < -0.4 is 10.6 Å². The Morgan fingerprint density at radius 1 is 0.921 bits per heavy atom. The fourth-order valence-corrected chi connectivity index (χ4v) is 4.44. The molecule has 0 fully saturated rings. The molecule has 0 aliphatic carbocycles. The summed E-state index contributed by atoms with van der Waals surface area (Å²) < 4.78 is 43.6. The Morgan fingerprint density at radius 3 is 2.21 bits per heavy atom. The lowest BCUT2D eigenvalue weighted by atomic mass is 10.0. The summed E-state index contributed by atoms with van der Waals surface area (Å²) in [5.74, 6) is -0.797. The summed E-state index contributed by atoms with van der Waals surface area (Å²) in [6.45, 7) is 4.01. The van der Waals surface area contributed by atoms with Crippen molar-refractivity contribution in [3.8, 4) is 11.1 Å². The fourth-order valence-electron chi connectivity index (χ4n) is 4.44. The van der Waals surface area contributed by atoms with Crippen molar-refractivity contribution in [1.29, 1.82) is 0 Å². The lowest BCUT2D eigenvalue weighted by Crippen LogP contribution is -2.45. The van der Waals surface area contributed by atoms with Crippen LogP contribution in [-0.4, -0.2) is 36.0 Å². The third kappa shape index (κ3) is 5.64. The Balaban J connectivity index is 1.44. The summed E-state index contributed by atoms with van der Waals surface area (Å²) in [6.07, 6.45) is -4.51. The second kappa shape index (κ2) is 10.6. The lowest BCUT2D eigenvalue weighted by Gasteiger charge is -2.28. The zero-order chi connectivity index (χ0) is 27.6. The smallest absolute Gasteiger partial charge is 0.416 e. The average Bonchev–Trinajstić information content (AvgIpc) is 3.19. The Kier molecular flexibility index (Phi) is 7.43.